The van der Waals surface area contributed by atoms with Gasteiger partial charge in [-0.1, -0.05) is 11.3 Å². The molecule has 1 aromatic carbocycles. The van der Waals surface area contributed by atoms with Crippen molar-refractivity contribution in [1.29, 1.82) is 0 Å². The standard InChI is InChI=1S/C11H13N3O3S3/c12-11-14-7-10(19-11)18-6-5-17-8-1-3-9(4-2-8)20(13,15)16/h1-4,7H,5-6H2,(H2,12,14)(H2,13,15,16). The van der Waals surface area contributed by atoms with Crippen molar-refractivity contribution >= 4 is 38.3 Å². The van der Waals surface area contributed by atoms with Gasteiger partial charge in [0, 0.05) is 5.75 Å². The van der Waals surface area contributed by atoms with E-state index in [1.807, 2.05) is 0 Å². The Morgan fingerprint density at radius 3 is 2.55 bits per heavy atom. The first-order chi connectivity index (χ1) is 9.45. The Morgan fingerprint density at radius 2 is 2.00 bits per heavy atom. The number of thiazole rings is 1. The summed E-state index contributed by atoms with van der Waals surface area (Å²) in [6, 6.07) is 5.99. The first-order valence-corrected chi connectivity index (χ1v) is 8.90. The quantitative estimate of drug-likeness (QED) is 0.614. The van der Waals surface area contributed by atoms with E-state index >= 15 is 0 Å². The van der Waals surface area contributed by atoms with Crippen LogP contribution in [0.1, 0.15) is 0 Å². The summed E-state index contributed by atoms with van der Waals surface area (Å²) >= 11 is 3.04. The second kappa shape index (κ2) is 6.44. The Labute approximate surface area is 125 Å². The molecule has 0 radical (unpaired) electrons. The van der Waals surface area contributed by atoms with Crippen LogP contribution in [0.2, 0.25) is 0 Å². The van der Waals surface area contributed by atoms with E-state index in [0.29, 0.717) is 17.5 Å². The Morgan fingerprint density at radius 1 is 1.30 bits per heavy atom. The van der Waals surface area contributed by atoms with Crippen LogP contribution in [-0.2, 0) is 10.0 Å². The summed E-state index contributed by atoms with van der Waals surface area (Å²) < 4.78 is 28.7. The van der Waals surface area contributed by atoms with E-state index in [1.54, 1.807) is 30.1 Å². The van der Waals surface area contributed by atoms with Crippen molar-refractivity contribution in [2.45, 2.75) is 9.10 Å². The molecule has 0 bridgehead atoms. The van der Waals surface area contributed by atoms with Crippen LogP contribution in [0, 0.1) is 0 Å². The van der Waals surface area contributed by atoms with Crippen molar-refractivity contribution < 1.29 is 13.2 Å². The third-order valence-electron chi connectivity index (χ3n) is 2.25. The molecule has 0 atom stereocenters. The average molecular weight is 331 g/mol. The Kier molecular flexibility index (Phi) is 4.86. The summed E-state index contributed by atoms with van der Waals surface area (Å²) in [4.78, 5) is 4.02. The molecule has 6 nitrogen and oxygen atoms in total. The zero-order valence-electron chi connectivity index (χ0n) is 10.4. The van der Waals surface area contributed by atoms with Crippen molar-refractivity contribution in [3.8, 4) is 5.75 Å². The number of nitrogens with two attached hydrogens (primary N) is 2. The smallest absolute Gasteiger partial charge is 0.238 e. The fourth-order valence-electron chi connectivity index (χ4n) is 1.37. The molecule has 0 saturated carbocycles. The van der Waals surface area contributed by atoms with Gasteiger partial charge in [-0.05, 0) is 24.3 Å². The van der Waals surface area contributed by atoms with Crippen molar-refractivity contribution in [2.24, 2.45) is 5.14 Å². The van der Waals surface area contributed by atoms with E-state index in [1.165, 1.54) is 23.5 Å². The molecule has 2 aromatic rings. The summed E-state index contributed by atoms with van der Waals surface area (Å²) in [5, 5.41) is 5.56. The molecule has 2 rings (SSSR count). The van der Waals surface area contributed by atoms with Crippen LogP contribution in [-0.4, -0.2) is 25.8 Å². The molecule has 0 aliphatic heterocycles. The summed E-state index contributed by atoms with van der Waals surface area (Å²) in [6.07, 6.45) is 1.73. The number of benzene rings is 1. The van der Waals surface area contributed by atoms with Gasteiger partial charge in [0.1, 0.15) is 5.75 Å². The van der Waals surface area contributed by atoms with Crippen molar-refractivity contribution in [3.63, 3.8) is 0 Å². The highest BCUT2D eigenvalue weighted by molar-refractivity contribution is 8.01. The van der Waals surface area contributed by atoms with Gasteiger partial charge in [0.05, 0.1) is 21.9 Å². The molecule has 0 aliphatic rings. The summed E-state index contributed by atoms with van der Waals surface area (Å²) in [5.74, 6) is 1.35. The van der Waals surface area contributed by atoms with E-state index in [9.17, 15) is 8.42 Å². The molecular formula is C11H13N3O3S3. The first-order valence-electron chi connectivity index (χ1n) is 5.55. The number of nitrogen functional groups attached to an aromatic ring is 1. The molecular weight excluding hydrogens is 318 g/mol. The molecule has 0 saturated heterocycles. The minimum atomic E-state index is -3.66. The summed E-state index contributed by atoms with van der Waals surface area (Å²) in [7, 11) is -3.66. The number of anilines is 1. The van der Waals surface area contributed by atoms with Gasteiger partial charge in [-0.15, -0.1) is 11.8 Å². The van der Waals surface area contributed by atoms with Crippen LogP contribution in [0.25, 0.3) is 0 Å². The lowest BCUT2D eigenvalue weighted by molar-refractivity contribution is 0.343. The van der Waals surface area contributed by atoms with Gasteiger partial charge in [-0.25, -0.2) is 18.5 Å². The van der Waals surface area contributed by atoms with Crippen LogP contribution < -0.4 is 15.6 Å². The predicted octanol–water partition coefficient (Wildman–Crippen LogP) is 1.54. The second-order valence-corrected chi connectivity index (χ2v) is 7.75. The SMILES string of the molecule is Nc1ncc(SCCOc2ccc(S(N)(=O)=O)cc2)s1. The molecule has 0 spiro atoms. The number of nitrogens with zero attached hydrogens (tertiary/aromatic N) is 1. The minimum absolute atomic E-state index is 0.0689. The molecule has 0 fully saturated rings. The van der Waals surface area contributed by atoms with Gasteiger partial charge >= 0.3 is 0 Å². The largest absolute Gasteiger partial charge is 0.493 e. The van der Waals surface area contributed by atoms with Gasteiger partial charge in [0.2, 0.25) is 10.0 Å². The fourth-order valence-corrected chi connectivity index (χ4v) is 3.54. The van der Waals surface area contributed by atoms with Crippen molar-refractivity contribution in [1.82, 2.24) is 4.98 Å². The van der Waals surface area contributed by atoms with Gasteiger partial charge in [0.25, 0.3) is 0 Å². The fraction of sp³-hybridized carbons (Fsp3) is 0.182. The normalized spacial score (nSPS) is 11.4. The molecule has 1 aromatic heterocycles. The highest BCUT2D eigenvalue weighted by atomic mass is 32.2. The van der Waals surface area contributed by atoms with Crippen molar-refractivity contribution in [3.05, 3.63) is 30.5 Å². The highest BCUT2D eigenvalue weighted by Crippen LogP contribution is 2.26. The second-order valence-electron chi connectivity index (χ2n) is 3.73. The molecule has 0 unspecified atom stereocenters. The van der Waals surface area contributed by atoms with Crippen molar-refractivity contribution in [2.75, 3.05) is 18.1 Å². The van der Waals surface area contributed by atoms with Crippen LogP contribution in [0.15, 0.2) is 39.6 Å². The predicted molar refractivity (Wildman–Crippen MR) is 80.6 cm³/mol. The molecule has 0 aliphatic carbocycles. The van der Waals surface area contributed by atoms with Gasteiger partial charge in [-0.3, -0.25) is 0 Å². The van der Waals surface area contributed by atoms with Crippen LogP contribution in [0.4, 0.5) is 5.13 Å². The Hall–Kier alpha value is -1.29. The molecule has 9 heteroatoms. The summed E-state index contributed by atoms with van der Waals surface area (Å²) in [5.41, 5.74) is 5.53. The van der Waals surface area contributed by atoms with E-state index in [0.717, 1.165) is 9.96 Å². The number of sulfonamides is 1. The van der Waals surface area contributed by atoms with Gasteiger partial charge < -0.3 is 10.5 Å². The monoisotopic (exact) mass is 331 g/mol. The third kappa shape index (κ3) is 4.37. The average Bonchev–Trinajstić information content (AvgIpc) is 2.80. The number of rotatable bonds is 6. The molecule has 20 heavy (non-hydrogen) atoms. The zero-order valence-corrected chi connectivity index (χ0v) is 12.8. The molecule has 108 valence electrons. The number of thioether (sulfide) groups is 1. The van der Waals surface area contributed by atoms with E-state index in [4.69, 9.17) is 15.6 Å². The maximum Gasteiger partial charge on any atom is 0.238 e. The number of aromatic nitrogens is 1. The number of ether oxygens (including phenoxy) is 1. The lowest BCUT2D eigenvalue weighted by Crippen LogP contribution is -2.11. The maximum absolute atomic E-state index is 11.1. The van der Waals surface area contributed by atoms with E-state index in [2.05, 4.69) is 4.98 Å². The van der Waals surface area contributed by atoms with E-state index < -0.39 is 10.0 Å². The topological polar surface area (TPSA) is 108 Å². The molecule has 0 amide bonds. The lowest BCUT2D eigenvalue weighted by atomic mass is 10.3. The lowest BCUT2D eigenvalue weighted by Gasteiger charge is -2.05. The molecule has 4 N–H and O–H groups in total. The number of primary sulfonamides is 1. The first kappa shape index (κ1) is 15.1. The number of hydrogen-bond acceptors (Lipinski definition) is 7. The maximum atomic E-state index is 11.1. The zero-order chi connectivity index (χ0) is 14.6. The highest BCUT2D eigenvalue weighted by Gasteiger charge is 2.07. The van der Waals surface area contributed by atoms with E-state index in [-0.39, 0.29) is 4.90 Å². The molecule has 1 heterocycles. The summed E-state index contributed by atoms with van der Waals surface area (Å²) in [6.45, 7) is 0.497. The van der Waals surface area contributed by atoms with Gasteiger partial charge in [-0.2, -0.15) is 0 Å². The van der Waals surface area contributed by atoms with Crippen LogP contribution in [0.3, 0.4) is 0 Å². The van der Waals surface area contributed by atoms with Crippen LogP contribution >= 0.6 is 23.1 Å². The minimum Gasteiger partial charge on any atom is -0.493 e. The Bertz CT molecular complexity index is 668. The third-order valence-corrected chi connectivity index (χ3v) is 5.17. The van der Waals surface area contributed by atoms with Gasteiger partial charge in [0.15, 0.2) is 5.13 Å². The Balaban J connectivity index is 1.80. The van der Waals surface area contributed by atoms with Crippen LogP contribution in [0.5, 0.6) is 5.75 Å². The number of hydrogen-bond donors (Lipinski definition) is 2.